The standard InChI is InChI=1S/C22H26ClN3O5/c1-3-5-6-7-12-31-21-19(23)13-16(14-20(21)30-4-2)15-24-25-22(27)17-8-10-18(11-9-17)26(28)29/h8-11,13-15H,3-7,12H2,1-2H3,(H,25,27). The largest absolute Gasteiger partial charge is 0.490 e. The first-order chi connectivity index (χ1) is 15.0. The number of carbonyl (C=O) groups is 1. The molecule has 2 rings (SSSR count). The van der Waals surface area contributed by atoms with Crippen LogP contribution in [0.25, 0.3) is 0 Å². The lowest BCUT2D eigenvalue weighted by Gasteiger charge is -2.14. The summed E-state index contributed by atoms with van der Waals surface area (Å²) in [7, 11) is 0. The number of ether oxygens (including phenoxy) is 2. The van der Waals surface area contributed by atoms with E-state index in [4.69, 9.17) is 21.1 Å². The number of nitro benzene ring substituents is 1. The fourth-order valence-corrected chi connectivity index (χ4v) is 3.01. The highest BCUT2D eigenvalue weighted by atomic mass is 35.5. The third-order valence-corrected chi connectivity index (χ3v) is 4.58. The molecule has 0 aromatic heterocycles. The third-order valence-electron chi connectivity index (χ3n) is 4.30. The number of nitrogens with one attached hydrogen (secondary N) is 1. The molecule has 166 valence electrons. The molecule has 1 amide bonds. The summed E-state index contributed by atoms with van der Waals surface area (Å²) in [5.74, 6) is 0.509. The summed E-state index contributed by atoms with van der Waals surface area (Å²) in [6.07, 6.45) is 5.78. The van der Waals surface area contributed by atoms with Crippen LogP contribution in [0.5, 0.6) is 11.5 Å². The quantitative estimate of drug-likeness (QED) is 0.204. The third kappa shape index (κ3) is 7.57. The van der Waals surface area contributed by atoms with Gasteiger partial charge in [-0.25, -0.2) is 5.43 Å². The van der Waals surface area contributed by atoms with Gasteiger partial charge in [-0.1, -0.05) is 37.8 Å². The molecule has 0 aliphatic carbocycles. The summed E-state index contributed by atoms with van der Waals surface area (Å²) in [4.78, 5) is 22.3. The van der Waals surface area contributed by atoms with Crippen molar-refractivity contribution < 1.29 is 19.2 Å². The Bertz CT molecular complexity index is 916. The molecule has 0 heterocycles. The highest BCUT2D eigenvalue weighted by Gasteiger charge is 2.13. The van der Waals surface area contributed by atoms with Crippen LogP contribution in [0.4, 0.5) is 5.69 Å². The maximum absolute atomic E-state index is 12.1. The maximum atomic E-state index is 12.1. The van der Waals surface area contributed by atoms with Gasteiger partial charge in [-0.15, -0.1) is 0 Å². The van der Waals surface area contributed by atoms with Crippen LogP contribution in [0, 0.1) is 10.1 Å². The van der Waals surface area contributed by atoms with Crippen LogP contribution in [-0.2, 0) is 0 Å². The van der Waals surface area contributed by atoms with Crippen LogP contribution in [0.1, 0.15) is 55.5 Å². The summed E-state index contributed by atoms with van der Waals surface area (Å²) < 4.78 is 11.5. The second-order valence-electron chi connectivity index (χ2n) is 6.68. The zero-order valence-electron chi connectivity index (χ0n) is 17.6. The summed E-state index contributed by atoms with van der Waals surface area (Å²) in [6.45, 7) is 5.02. The molecule has 8 nitrogen and oxygen atoms in total. The number of benzene rings is 2. The zero-order chi connectivity index (χ0) is 22.6. The van der Waals surface area contributed by atoms with Crippen molar-refractivity contribution >= 4 is 29.4 Å². The van der Waals surface area contributed by atoms with Gasteiger partial charge in [0.25, 0.3) is 11.6 Å². The molecule has 0 saturated carbocycles. The van der Waals surface area contributed by atoms with Gasteiger partial charge in [0.2, 0.25) is 0 Å². The van der Waals surface area contributed by atoms with Gasteiger partial charge in [0.1, 0.15) is 0 Å². The van der Waals surface area contributed by atoms with Crippen molar-refractivity contribution in [3.63, 3.8) is 0 Å². The number of hydrazone groups is 1. The van der Waals surface area contributed by atoms with Gasteiger partial charge in [-0.05, 0) is 43.2 Å². The second-order valence-corrected chi connectivity index (χ2v) is 7.08. The Morgan fingerprint density at radius 3 is 2.55 bits per heavy atom. The molecule has 0 atom stereocenters. The van der Waals surface area contributed by atoms with E-state index in [1.54, 1.807) is 12.1 Å². The highest BCUT2D eigenvalue weighted by Crippen LogP contribution is 2.36. The number of nitrogens with zero attached hydrogens (tertiary/aromatic N) is 2. The lowest BCUT2D eigenvalue weighted by molar-refractivity contribution is -0.384. The normalized spacial score (nSPS) is 10.8. The maximum Gasteiger partial charge on any atom is 0.271 e. The Morgan fingerprint density at radius 1 is 1.16 bits per heavy atom. The van der Waals surface area contributed by atoms with Crippen LogP contribution < -0.4 is 14.9 Å². The molecule has 0 radical (unpaired) electrons. The van der Waals surface area contributed by atoms with Gasteiger partial charge in [0.05, 0.1) is 29.4 Å². The summed E-state index contributed by atoms with van der Waals surface area (Å²) in [6, 6.07) is 8.64. The van der Waals surface area contributed by atoms with Gasteiger partial charge in [0.15, 0.2) is 11.5 Å². The predicted molar refractivity (Wildman–Crippen MR) is 120 cm³/mol. The van der Waals surface area contributed by atoms with Gasteiger partial charge in [-0.2, -0.15) is 5.10 Å². The van der Waals surface area contributed by atoms with Crippen molar-refractivity contribution in [1.82, 2.24) is 5.43 Å². The zero-order valence-corrected chi connectivity index (χ0v) is 18.4. The number of amides is 1. The predicted octanol–water partition coefficient (Wildman–Crippen LogP) is 5.37. The molecule has 1 N–H and O–H groups in total. The Morgan fingerprint density at radius 2 is 1.90 bits per heavy atom. The first-order valence-corrected chi connectivity index (χ1v) is 10.5. The van der Waals surface area contributed by atoms with E-state index in [2.05, 4.69) is 17.5 Å². The van der Waals surface area contributed by atoms with E-state index in [1.807, 2.05) is 6.92 Å². The Hall–Kier alpha value is -3.13. The van der Waals surface area contributed by atoms with Crippen molar-refractivity contribution in [1.29, 1.82) is 0 Å². The fourth-order valence-electron chi connectivity index (χ4n) is 2.73. The lowest BCUT2D eigenvalue weighted by atomic mass is 10.2. The minimum atomic E-state index is -0.530. The Labute approximate surface area is 186 Å². The molecular formula is C22H26ClN3O5. The number of unbranched alkanes of at least 4 members (excludes halogenated alkanes) is 3. The van der Waals surface area contributed by atoms with E-state index < -0.39 is 10.8 Å². The first-order valence-electron chi connectivity index (χ1n) is 10.1. The molecule has 0 aliphatic rings. The summed E-state index contributed by atoms with van der Waals surface area (Å²) in [5.41, 5.74) is 3.16. The lowest BCUT2D eigenvalue weighted by Crippen LogP contribution is -2.17. The van der Waals surface area contributed by atoms with Crippen molar-refractivity contribution in [3.8, 4) is 11.5 Å². The topological polar surface area (TPSA) is 103 Å². The average Bonchev–Trinajstić information content (AvgIpc) is 2.75. The van der Waals surface area contributed by atoms with Crippen molar-refractivity contribution in [2.75, 3.05) is 13.2 Å². The van der Waals surface area contributed by atoms with Crippen LogP contribution in [-0.4, -0.2) is 30.3 Å². The van der Waals surface area contributed by atoms with E-state index in [0.717, 1.165) is 25.7 Å². The number of non-ortho nitro benzene ring substituents is 1. The van der Waals surface area contributed by atoms with Crippen LogP contribution in [0.3, 0.4) is 0 Å². The molecule has 2 aromatic rings. The molecule has 2 aromatic carbocycles. The molecule has 0 unspecified atom stereocenters. The minimum absolute atomic E-state index is 0.0918. The SMILES string of the molecule is CCCCCCOc1c(Cl)cc(C=NNC(=O)c2ccc([N+](=O)[O-])cc2)cc1OCC. The molecule has 0 saturated heterocycles. The number of hydrogen-bond acceptors (Lipinski definition) is 6. The monoisotopic (exact) mass is 447 g/mol. The molecule has 9 heteroatoms. The number of rotatable bonds is 12. The first kappa shape index (κ1) is 24.1. The van der Waals surface area contributed by atoms with Crippen LogP contribution in [0.2, 0.25) is 5.02 Å². The van der Waals surface area contributed by atoms with E-state index >= 15 is 0 Å². The number of carbonyl (C=O) groups excluding carboxylic acids is 1. The van der Waals surface area contributed by atoms with Crippen molar-refractivity contribution in [2.24, 2.45) is 5.10 Å². The van der Waals surface area contributed by atoms with Crippen molar-refractivity contribution in [2.45, 2.75) is 39.5 Å². The van der Waals surface area contributed by atoms with Gasteiger partial charge >= 0.3 is 0 Å². The highest BCUT2D eigenvalue weighted by molar-refractivity contribution is 6.32. The van der Waals surface area contributed by atoms with E-state index in [0.29, 0.717) is 35.3 Å². The number of nitro groups is 1. The van der Waals surface area contributed by atoms with Crippen molar-refractivity contribution in [3.05, 3.63) is 62.7 Å². The molecule has 0 spiro atoms. The average molecular weight is 448 g/mol. The molecule has 0 bridgehead atoms. The molecule has 0 aliphatic heterocycles. The van der Waals surface area contributed by atoms with Gasteiger partial charge < -0.3 is 9.47 Å². The van der Waals surface area contributed by atoms with Crippen LogP contribution in [0.15, 0.2) is 41.5 Å². The number of halogens is 1. The smallest absolute Gasteiger partial charge is 0.271 e. The molecular weight excluding hydrogens is 422 g/mol. The van der Waals surface area contributed by atoms with E-state index in [9.17, 15) is 14.9 Å². The molecule has 0 fully saturated rings. The van der Waals surface area contributed by atoms with Gasteiger partial charge in [-0.3, -0.25) is 14.9 Å². The Kier molecular flexibility index (Phi) is 9.77. The number of hydrogen-bond donors (Lipinski definition) is 1. The second kappa shape index (κ2) is 12.5. The van der Waals surface area contributed by atoms with E-state index in [1.165, 1.54) is 30.5 Å². The minimum Gasteiger partial charge on any atom is -0.490 e. The van der Waals surface area contributed by atoms with E-state index in [-0.39, 0.29) is 11.3 Å². The summed E-state index contributed by atoms with van der Waals surface area (Å²) >= 11 is 6.38. The Balaban J connectivity index is 2.03. The van der Waals surface area contributed by atoms with Gasteiger partial charge in [0, 0.05) is 17.7 Å². The van der Waals surface area contributed by atoms with Crippen LogP contribution >= 0.6 is 11.6 Å². The summed E-state index contributed by atoms with van der Waals surface area (Å²) in [5, 5.41) is 15.0. The fraction of sp³-hybridized carbons (Fsp3) is 0.364. The molecule has 31 heavy (non-hydrogen) atoms.